The van der Waals surface area contributed by atoms with E-state index in [4.69, 9.17) is 16.3 Å². The van der Waals surface area contributed by atoms with Crippen LogP contribution in [0, 0.1) is 6.92 Å². The molecule has 0 atom stereocenters. The van der Waals surface area contributed by atoms with Crippen LogP contribution in [0.25, 0.3) is 10.9 Å². The van der Waals surface area contributed by atoms with Crippen LogP contribution in [0.5, 0.6) is 0 Å². The number of esters is 1. The van der Waals surface area contributed by atoms with Crippen molar-refractivity contribution >= 4 is 50.8 Å². The van der Waals surface area contributed by atoms with Gasteiger partial charge in [-0.05, 0) is 37.4 Å². The standard InChI is InChI=1S/C18H18ClN3O3S/c1-3-25-17(24)16-11(2)20-18(26-16)21-15(23)7-9-22-8-6-12-4-5-13(19)10-14(12)22/h4-6,8,10H,3,7,9H2,1-2H3,(H,20,21,23). The minimum Gasteiger partial charge on any atom is -0.462 e. The van der Waals surface area contributed by atoms with E-state index in [0.717, 1.165) is 22.2 Å². The van der Waals surface area contributed by atoms with Gasteiger partial charge in [-0.1, -0.05) is 29.0 Å². The van der Waals surface area contributed by atoms with Crippen molar-refractivity contribution < 1.29 is 14.3 Å². The number of carbonyl (C=O) groups is 2. The monoisotopic (exact) mass is 391 g/mol. The molecule has 136 valence electrons. The Balaban J connectivity index is 1.63. The quantitative estimate of drug-likeness (QED) is 0.637. The van der Waals surface area contributed by atoms with Gasteiger partial charge in [-0.15, -0.1) is 0 Å². The second kappa shape index (κ2) is 7.88. The molecule has 0 saturated carbocycles. The van der Waals surface area contributed by atoms with Crippen LogP contribution in [0.3, 0.4) is 0 Å². The lowest BCUT2D eigenvalue weighted by Gasteiger charge is -2.06. The highest BCUT2D eigenvalue weighted by Crippen LogP contribution is 2.24. The highest BCUT2D eigenvalue weighted by molar-refractivity contribution is 7.17. The molecule has 0 radical (unpaired) electrons. The third-order valence-electron chi connectivity index (χ3n) is 3.82. The van der Waals surface area contributed by atoms with Gasteiger partial charge in [-0.2, -0.15) is 0 Å². The summed E-state index contributed by atoms with van der Waals surface area (Å²) in [5, 5.41) is 4.87. The minimum absolute atomic E-state index is 0.168. The maximum Gasteiger partial charge on any atom is 0.350 e. The number of hydrogen-bond acceptors (Lipinski definition) is 5. The molecule has 0 aliphatic rings. The Morgan fingerprint density at radius 3 is 2.92 bits per heavy atom. The van der Waals surface area contributed by atoms with E-state index < -0.39 is 5.97 Å². The molecule has 2 heterocycles. The maximum absolute atomic E-state index is 12.2. The van der Waals surface area contributed by atoms with Crippen molar-refractivity contribution in [2.45, 2.75) is 26.8 Å². The van der Waals surface area contributed by atoms with E-state index in [2.05, 4.69) is 10.3 Å². The van der Waals surface area contributed by atoms with Gasteiger partial charge in [-0.3, -0.25) is 4.79 Å². The summed E-state index contributed by atoms with van der Waals surface area (Å²) in [6.07, 6.45) is 2.21. The van der Waals surface area contributed by atoms with Crippen LogP contribution in [0.15, 0.2) is 30.5 Å². The van der Waals surface area contributed by atoms with Crippen LogP contribution in [0.2, 0.25) is 5.02 Å². The van der Waals surface area contributed by atoms with Crippen molar-refractivity contribution in [3.05, 3.63) is 46.1 Å². The number of thiazole rings is 1. The molecule has 0 aliphatic carbocycles. The summed E-state index contributed by atoms with van der Waals surface area (Å²) >= 11 is 7.17. The first-order valence-electron chi connectivity index (χ1n) is 8.16. The van der Waals surface area contributed by atoms with E-state index in [0.29, 0.717) is 33.9 Å². The Labute approximate surface area is 159 Å². The number of hydrogen-bond donors (Lipinski definition) is 1. The number of rotatable bonds is 6. The molecule has 6 nitrogen and oxygen atoms in total. The number of aromatic nitrogens is 2. The predicted molar refractivity (Wildman–Crippen MR) is 103 cm³/mol. The molecular weight excluding hydrogens is 374 g/mol. The molecule has 0 fully saturated rings. The number of anilines is 1. The van der Waals surface area contributed by atoms with Crippen LogP contribution in [-0.4, -0.2) is 28.0 Å². The van der Waals surface area contributed by atoms with Crippen LogP contribution in [-0.2, 0) is 16.1 Å². The second-order valence-corrected chi connectivity index (χ2v) is 7.10. The summed E-state index contributed by atoms with van der Waals surface area (Å²) in [4.78, 5) is 28.7. The molecule has 0 saturated heterocycles. The number of fused-ring (bicyclic) bond motifs is 1. The molecule has 0 bridgehead atoms. The topological polar surface area (TPSA) is 73.2 Å². The van der Waals surface area contributed by atoms with Crippen molar-refractivity contribution in [2.24, 2.45) is 0 Å². The van der Waals surface area contributed by atoms with Gasteiger partial charge in [0.25, 0.3) is 0 Å². The summed E-state index contributed by atoms with van der Waals surface area (Å²) in [6, 6.07) is 7.65. The fourth-order valence-corrected chi connectivity index (χ4v) is 3.63. The summed E-state index contributed by atoms with van der Waals surface area (Å²) < 4.78 is 6.96. The molecule has 2 aromatic heterocycles. The molecule has 3 aromatic rings. The van der Waals surface area contributed by atoms with Crippen LogP contribution >= 0.6 is 22.9 Å². The van der Waals surface area contributed by atoms with Gasteiger partial charge in [0.15, 0.2) is 5.13 Å². The zero-order valence-electron chi connectivity index (χ0n) is 14.4. The van der Waals surface area contributed by atoms with Crippen molar-refractivity contribution in [2.75, 3.05) is 11.9 Å². The van der Waals surface area contributed by atoms with Crippen molar-refractivity contribution in [3.8, 4) is 0 Å². The Hall–Kier alpha value is -2.38. The van der Waals surface area contributed by atoms with Crippen LogP contribution in [0.1, 0.15) is 28.7 Å². The fourth-order valence-electron chi connectivity index (χ4n) is 2.59. The Morgan fingerprint density at radius 1 is 1.35 bits per heavy atom. The first-order chi connectivity index (χ1) is 12.5. The van der Waals surface area contributed by atoms with Crippen LogP contribution < -0.4 is 5.32 Å². The van der Waals surface area contributed by atoms with E-state index in [1.807, 2.05) is 35.0 Å². The summed E-state index contributed by atoms with van der Waals surface area (Å²) in [5.41, 5.74) is 1.54. The number of benzene rings is 1. The Bertz CT molecular complexity index is 964. The molecule has 0 spiro atoms. The highest BCUT2D eigenvalue weighted by Gasteiger charge is 2.17. The molecule has 0 aliphatic heterocycles. The molecule has 3 rings (SSSR count). The van der Waals surface area contributed by atoms with Gasteiger partial charge < -0.3 is 14.6 Å². The average molecular weight is 392 g/mol. The van der Waals surface area contributed by atoms with E-state index in [1.165, 1.54) is 0 Å². The smallest absolute Gasteiger partial charge is 0.350 e. The molecule has 1 amide bonds. The van der Waals surface area contributed by atoms with Gasteiger partial charge in [0.2, 0.25) is 5.91 Å². The Morgan fingerprint density at radius 2 is 2.15 bits per heavy atom. The zero-order valence-corrected chi connectivity index (χ0v) is 16.0. The lowest BCUT2D eigenvalue weighted by molar-refractivity contribution is -0.116. The third kappa shape index (κ3) is 4.05. The van der Waals surface area contributed by atoms with E-state index in [1.54, 1.807) is 13.8 Å². The molecule has 0 unspecified atom stereocenters. The number of ether oxygens (including phenoxy) is 1. The average Bonchev–Trinajstić information content (AvgIpc) is 3.16. The number of halogens is 1. The fraction of sp³-hybridized carbons (Fsp3) is 0.278. The van der Waals surface area contributed by atoms with Gasteiger partial charge >= 0.3 is 5.97 Å². The number of amides is 1. The third-order valence-corrected chi connectivity index (χ3v) is 5.11. The van der Waals surface area contributed by atoms with Crippen molar-refractivity contribution in [3.63, 3.8) is 0 Å². The van der Waals surface area contributed by atoms with E-state index in [-0.39, 0.29) is 12.3 Å². The zero-order chi connectivity index (χ0) is 18.7. The van der Waals surface area contributed by atoms with Crippen molar-refractivity contribution in [1.82, 2.24) is 9.55 Å². The largest absolute Gasteiger partial charge is 0.462 e. The Kier molecular flexibility index (Phi) is 5.58. The first-order valence-corrected chi connectivity index (χ1v) is 9.36. The van der Waals surface area contributed by atoms with Crippen LogP contribution in [0.4, 0.5) is 5.13 Å². The second-order valence-electron chi connectivity index (χ2n) is 5.66. The van der Waals surface area contributed by atoms with E-state index in [9.17, 15) is 9.59 Å². The molecule has 1 aromatic carbocycles. The number of carbonyl (C=O) groups excluding carboxylic acids is 2. The summed E-state index contributed by atoms with van der Waals surface area (Å²) in [6.45, 7) is 4.28. The molecule has 26 heavy (non-hydrogen) atoms. The highest BCUT2D eigenvalue weighted by atomic mass is 35.5. The SMILES string of the molecule is CCOC(=O)c1sc(NC(=O)CCn2ccc3ccc(Cl)cc32)nc1C. The maximum atomic E-state index is 12.2. The minimum atomic E-state index is -0.418. The van der Waals surface area contributed by atoms with Gasteiger partial charge in [0.1, 0.15) is 4.88 Å². The normalized spacial score (nSPS) is 10.9. The van der Waals surface area contributed by atoms with Gasteiger partial charge in [0.05, 0.1) is 12.3 Å². The predicted octanol–water partition coefficient (Wildman–Crippen LogP) is 4.27. The van der Waals surface area contributed by atoms with E-state index >= 15 is 0 Å². The molecule has 1 N–H and O–H groups in total. The first kappa shape index (κ1) is 18.4. The molecular formula is C18H18ClN3O3S. The summed E-state index contributed by atoms with van der Waals surface area (Å²) in [7, 11) is 0. The van der Waals surface area contributed by atoms with Gasteiger partial charge in [0, 0.05) is 29.7 Å². The molecule has 8 heteroatoms. The lowest BCUT2D eigenvalue weighted by atomic mass is 10.2. The lowest BCUT2D eigenvalue weighted by Crippen LogP contribution is -2.14. The van der Waals surface area contributed by atoms with Gasteiger partial charge in [-0.25, -0.2) is 9.78 Å². The number of nitrogens with one attached hydrogen (secondary N) is 1. The summed E-state index contributed by atoms with van der Waals surface area (Å²) in [5.74, 6) is -0.586. The van der Waals surface area contributed by atoms with Crippen molar-refractivity contribution in [1.29, 1.82) is 0 Å². The number of aryl methyl sites for hydroxylation is 2. The number of nitrogens with zero attached hydrogens (tertiary/aromatic N) is 2.